The lowest BCUT2D eigenvalue weighted by Gasteiger charge is -2.31. The van der Waals surface area contributed by atoms with Gasteiger partial charge in [0.25, 0.3) is 5.91 Å². The van der Waals surface area contributed by atoms with Crippen LogP contribution in [0.3, 0.4) is 0 Å². The maximum absolute atomic E-state index is 13.6. The van der Waals surface area contributed by atoms with E-state index in [0.717, 1.165) is 18.6 Å². The predicted molar refractivity (Wildman–Crippen MR) is 78.3 cm³/mol. The van der Waals surface area contributed by atoms with Crippen molar-refractivity contribution in [1.82, 2.24) is 10.2 Å². The number of amides is 2. The summed E-state index contributed by atoms with van der Waals surface area (Å²) >= 11 is 0. The van der Waals surface area contributed by atoms with Gasteiger partial charge >= 0.3 is 0 Å². The maximum Gasteiger partial charge on any atom is 0.256 e. The fourth-order valence-corrected chi connectivity index (χ4v) is 2.57. The van der Waals surface area contributed by atoms with Crippen molar-refractivity contribution in [3.63, 3.8) is 0 Å². The monoisotopic (exact) mass is 310 g/mol. The van der Waals surface area contributed by atoms with Crippen LogP contribution in [-0.2, 0) is 4.79 Å². The SMILES string of the molecule is CCCNC(=O)C1CCN(C(=O)c2ccc(F)cc2F)CC1. The molecule has 0 bridgehead atoms. The smallest absolute Gasteiger partial charge is 0.256 e. The summed E-state index contributed by atoms with van der Waals surface area (Å²) in [6.07, 6.45) is 2.00. The van der Waals surface area contributed by atoms with Gasteiger partial charge in [0, 0.05) is 31.6 Å². The fraction of sp³-hybridized carbons (Fsp3) is 0.500. The third-order valence-electron chi connectivity index (χ3n) is 3.86. The number of halogens is 2. The average Bonchev–Trinajstić information content (AvgIpc) is 2.52. The summed E-state index contributed by atoms with van der Waals surface area (Å²) in [5.74, 6) is -2.10. The van der Waals surface area contributed by atoms with Crippen LogP contribution in [0.25, 0.3) is 0 Å². The molecule has 1 aromatic rings. The van der Waals surface area contributed by atoms with E-state index in [-0.39, 0.29) is 17.4 Å². The van der Waals surface area contributed by atoms with E-state index in [0.29, 0.717) is 38.5 Å². The van der Waals surface area contributed by atoms with E-state index in [1.54, 1.807) is 0 Å². The number of benzene rings is 1. The topological polar surface area (TPSA) is 49.4 Å². The number of piperidine rings is 1. The van der Waals surface area contributed by atoms with Crippen LogP contribution >= 0.6 is 0 Å². The highest BCUT2D eigenvalue weighted by molar-refractivity contribution is 5.94. The average molecular weight is 310 g/mol. The van der Waals surface area contributed by atoms with Crippen molar-refractivity contribution in [3.8, 4) is 0 Å². The first kappa shape index (κ1) is 16.4. The number of hydrogen-bond donors (Lipinski definition) is 1. The van der Waals surface area contributed by atoms with E-state index >= 15 is 0 Å². The number of hydrogen-bond acceptors (Lipinski definition) is 2. The molecule has 1 fully saturated rings. The molecule has 2 rings (SSSR count). The summed E-state index contributed by atoms with van der Waals surface area (Å²) < 4.78 is 26.5. The van der Waals surface area contributed by atoms with E-state index in [9.17, 15) is 18.4 Å². The fourth-order valence-electron chi connectivity index (χ4n) is 2.57. The quantitative estimate of drug-likeness (QED) is 0.928. The van der Waals surface area contributed by atoms with Gasteiger partial charge in [-0.3, -0.25) is 9.59 Å². The molecule has 0 saturated carbocycles. The minimum atomic E-state index is -0.854. The molecular formula is C16H20F2N2O2. The zero-order valence-electron chi connectivity index (χ0n) is 12.6. The molecule has 1 heterocycles. The second kappa shape index (κ2) is 7.33. The largest absolute Gasteiger partial charge is 0.356 e. The molecule has 0 aromatic heterocycles. The van der Waals surface area contributed by atoms with Crippen molar-refractivity contribution >= 4 is 11.8 Å². The third kappa shape index (κ3) is 3.81. The second-order valence-corrected chi connectivity index (χ2v) is 5.48. The van der Waals surface area contributed by atoms with Gasteiger partial charge in [-0.2, -0.15) is 0 Å². The first-order chi connectivity index (χ1) is 10.5. The van der Waals surface area contributed by atoms with Crippen molar-refractivity contribution in [1.29, 1.82) is 0 Å². The lowest BCUT2D eigenvalue weighted by Crippen LogP contribution is -2.43. The number of likely N-dealkylation sites (tertiary alicyclic amines) is 1. The van der Waals surface area contributed by atoms with Crippen LogP contribution in [0.15, 0.2) is 18.2 Å². The zero-order valence-corrected chi connectivity index (χ0v) is 12.6. The Balaban J connectivity index is 1.93. The van der Waals surface area contributed by atoms with Gasteiger partial charge < -0.3 is 10.2 Å². The standard InChI is InChI=1S/C16H20F2N2O2/c1-2-7-19-15(21)11-5-8-20(9-6-11)16(22)13-4-3-12(17)10-14(13)18/h3-4,10-11H,2,5-9H2,1H3,(H,19,21). The van der Waals surface area contributed by atoms with Crippen molar-refractivity contribution in [2.75, 3.05) is 19.6 Å². The number of nitrogens with zero attached hydrogens (tertiary/aromatic N) is 1. The van der Waals surface area contributed by atoms with Crippen molar-refractivity contribution in [3.05, 3.63) is 35.4 Å². The molecule has 0 unspecified atom stereocenters. The van der Waals surface area contributed by atoms with Crippen LogP contribution in [0.2, 0.25) is 0 Å². The summed E-state index contributed by atoms with van der Waals surface area (Å²) in [6.45, 7) is 3.44. The predicted octanol–water partition coefficient (Wildman–Crippen LogP) is 2.34. The zero-order chi connectivity index (χ0) is 16.1. The Labute approximate surface area is 128 Å². The molecule has 0 aliphatic carbocycles. The van der Waals surface area contributed by atoms with Gasteiger partial charge in [-0.15, -0.1) is 0 Å². The molecule has 0 atom stereocenters. The van der Waals surface area contributed by atoms with Gasteiger partial charge in [0.15, 0.2) is 0 Å². The van der Waals surface area contributed by atoms with Gasteiger partial charge in [0.2, 0.25) is 5.91 Å². The first-order valence-electron chi connectivity index (χ1n) is 7.55. The molecule has 1 saturated heterocycles. The lowest BCUT2D eigenvalue weighted by atomic mass is 9.95. The molecule has 1 aromatic carbocycles. The molecule has 4 nitrogen and oxygen atoms in total. The molecule has 22 heavy (non-hydrogen) atoms. The van der Waals surface area contributed by atoms with Crippen molar-refractivity contribution < 1.29 is 18.4 Å². The Morgan fingerprint density at radius 3 is 2.55 bits per heavy atom. The highest BCUT2D eigenvalue weighted by atomic mass is 19.1. The van der Waals surface area contributed by atoms with Crippen molar-refractivity contribution in [2.45, 2.75) is 26.2 Å². The molecule has 6 heteroatoms. The third-order valence-corrected chi connectivity index (χ3v) is 3.86. The summed E-state index contributed by atoms with van der Waals surface area (Å²) in [7, 11) is 0. The van der Waals surface area contributed by atoms with Gasteiger partial charge in [0.05, 0.1) is 5.56 Å². The van der Waals surface area contributed by atoms with Crippen LogP contribution in [0, 0.1) is 17.6 Å². The molecule has 0 spiro atoms. The molecule has 1 N–H and O–H groups in total. The molecule has 1 aliphatic rings. The van der Waals surface area contributed by atoms with Gasteiger partial charge in [-0.05, 0) is 31.4 Å². The van der Waals surface area contributed by atoms with Crippen LogP contribution in [-0.4, -0.2) is 36.3 Å². The molecule has 120 valence electrons. The number of rotatable bonds is 4. The molecule has 2 amide bonds. The molecule has 0 radical (unpaired) electrons. The van der Waals surface area contributed by atoms with Crippen molar-refractivity contribution in [2.24, 2.45) is 5.92 Å². The molecule has 1 aliphatic heterocycles. The van der Waals surface area contributed by atoms with Crippen LogP contribution in [0.4, 0.5) is 8.78 Å². The van der Waals surface area contributed by atoms with E-state index in [1.165, 1.54) is 4.90 Å². The van der Waals surface area contributed by atoms with Crippen LogP contribution in [0.1, 0.15) is 36.5 Å². The van der Waals surface area contributed by atoms with Crippen LogP contribution < -0.4 is 5.32 Å². The number of nitrogens with one attached hydrogen (secondary N) is 1. The second-order valence-electron chi connectivity index (χ2n) is 5.48. The minimum absolute atomic E-state index is 0.0157. The van der Waals surface area contributed by atoms with E-state index in [4.69, 9.17) is 0 Å². The summed E-state index contributed by atoms with van der Waals surface area (Å²) in [4.78, 5) is 25.6. The summed E-state index contributed by atoms with van der Waals surface area (Å²) in [6, 6.07) is 2.94. The Morgan fingerprint density at radius 1 is 1.27 bits per heavy atom. The lowest BCUT2D eigenvalue weighted by molar-refractivity contribution is -0.126. The minimum Gasteiger partial charge on any atom is -0.356 e. The Hall–Kier alpha value is -1.98. The van der Waals surface area contributed by atoms with Gasteiger partial charge in [-0.1, -0.05) is 6.92 Å². The van der Waals surface area contributed by atoms with E-state index in [2.05, 4.69) is 5.32 Å². The number of carbonyl (C=O) groups is 2. The Bertz CT molecular complexity index is 555. The maximum atomic E-state index is 13.6. The highest BCUT2D eigenvalue weighted by Gasteiger charge is 2.28. The highest BCUT2D eigenvalue weighted by Crippen LogP contribution is 2.20. The Kier molecular flexibility index (Phi) is 5.46. The summed E-state index contributed by atoms with van der Waals surface area (Å²) in [5.41, 5.74) is -0.129. The molecular weight excluding hydrogens is 290 g/mol. The Morgan fingerprint density at radius 2 is 1.95 bits per heavy atom. The normalized spacial score (nSPS) is 15.7. The summed E-state index contributed by atoms with van der Waals surface area (Å²) in [5, 5.41) is 2.85. The van der Waals surface area contributed by atoms with Gasteiger partial charge in [0.1, 0.15) is 11.6 Å². The van der Waals surface area contributed by atoms with Gasteiger partial charge in [-0.25, -0.2) is 8.78 Å². The van der Waals surface area contributed by atoms with E-state index in [1.807, 2.05) is 6.92 Å². The first-order valence-corrected chi connectivity index (χ1v) is 7.55. The van der Waals surface area contributed by atoms with E-state index < -0.39 is 17.5 Å². The number of carbonyl (C=O) groups excluding carboxylic acids is 2. The van der Waals surface area contributed by atoms with Crippen LogP contribution in [0.5, 0.6) is 0 Å².